The largest absolute Gasteiger partial charge is 0.356 e. The standard InChI is InChI=1S/C22H37N7S/c1-16(2)21-19(13-28(6)26-21)12-27(5)22(23-4)24-11-18-7-9-29(10-8-18)14-20-15-30-17(3)25-20/h13,15-16,18H,7-12,14H2,1-6H3,(H,23,24). The Balaban J connectivity index is 1.45. The van der Waals surface area contributed by atoms with Crippen molar-refractivity contribution in [3.05, 3.63) is 33.5 Å². The van der Waals surface area contributed by atoms with Crippen LogP contribution in [0.25, 0.3) is 0 Å². The summed E-state index contributed by atoms with van der Waals surface area (Å²) in [5.74, 6) is 2.06. The van der Waals surface area contributed by atoms with E-state index in [9.17, 15) is 0 Å². The number of aryl methyl sites for hydroxylation is 2. The van der Waals surface area contributed by atoms with Gasteiger partial charge in [0.15, 0.2) is 5.96 Å². The number of nitrogens with zero attached hydrogens (tertiary/aromatic N) is 6. The van der Waals surface area contributed by atoms with E-state index in [-0.39, 0.29) is 0 Å². The number of aromatic nitrogens is 3. The van der Waals surface area contributed by atoms with Gasteiger partial charge in [-0.1, -0.05) is 13.8 Å². The van der Waals surface area contributed by atoms with Gasteiger partial charge >= 0.3 is 0 Å². The Kier molecular flexibility index (Phi) is 7.88. The molecule has 0 unspecified atom stereocenters. The van der Waals surface area contributed by atoms with E-state index in [2.05, 4.69) is 69.6 Å². The van der Waals surface area contributed by atoms with E-state index in [1.807, 2.05) is 18.8 Å². The summed E-state index contributed by atoms with van der Waals surface area (Å²) in [5.41, 5.74) is 3.65. The van der Waals surface area contributed by atoms with Crippen molar-refractivity contribution >= 4 is 17.3 Å². The second-order valence-corrected chi connectivity index (χ2v) is 9.79. The molecule has 1 aliphatic rings. The molecule has 0 spiro atoms. The van der Waals surface area contributed by atoms with Crippen LogP contribution < -0.4 is 5.32 Å². The van der Waals surface area contributed by atoms with Crippen molar-refractivity contribution in [3.63, 3.8) is 0 Å². The van der Waals surface area contributed by atoms with Gasteiger partial charge in [0, 0.05) is 57.9 Å². The van der Waals surface area contributed by atoms with Crippen molar-refractivity contribution in [2.45, 2.75) is 52.6 Å². The van der Waals surface area contributed by atoms with Crippen LogP contribution in [-0.4, -0.2) is 64.3 Å². The van der Waals surface area contributed by atoms with Gasteiger partial charge < -0.3 is 10.2 Å². The highest BCUT2D eigenvalue weighted by molar-refractivity contribution is 7.09. The van der Waals surface area contributed by atoms with Gasteiger partial charge in [0.2, 0.25) is 0 Å². The number of hydrogen-bond acceptors (Lipinski definition) is 5. The summed E-state index contributed by atoms with van der Waals surface area (Å²) in [4.78, 5) is 13.8. The highest BCUT2D eigenvalue weighted by atomic mass is 32.1. The third-order valence-electron chi connectivity index (χ3n) is 5.77. The maximum Gasteiger partial charge on any atom is 0.193 e. The quantitative estimate of drug-likeness (QED) is 0.539. The lowest BCUT2D eigenvalue weighted by Gasteiger charge is -2.32. The third kappa shape index (κ3) is 6.04. The van der Waals surface area contributed by atoms with Crippen molar-refractivity contribution in [2.24, 2.45) is 18.0 Å². The van der Waals surface area contributed by atoms with Crippen LogP contribution in [0.4, 0.5) is 0 Å². The fourth-order valence-corrected chi connectivity index (χ4v) is 4.78. The molecule has 0 atom stereocenters. The van der Waals surface area contributed by atoms with Crippen LogP contribution in [0, 0.1) is 12.8 Å². The van der Waals surface area contributed by atoms with E-state index in [1.165, 1.54) is 29.8 Å². The van der Waals surface area contributed by atoms with Gasteiger partial charge in [0.25, 0.3) is 0 Å². The summed E-state index contributed by atoms with van der Waals surface area (Å²) < 4.78 is 1.91. The van der Waals surface area contributed by atoms with Crippen molar-refractivity contribution in [1.82, 2.24) is 29.9 Å². The molecule has 166 valence electrons. The van der Waals surface area contributed by atoms with E-state index < -0.39 is 0 Å². The Labute approximate surface area is 185 Å². The fraction of sp³-hybridized carbons (Fsp3) is 0.682. The number of rotatable bonds is 7. The molecule has 0 bridgehead atoms. The molecule has 8 heteroatoms. The third-order valence-corrected chi connectivity index (χ3v) is 6.60. The first-order valence-electron chi connectivity index (χ1n) is 10.9. The van der Waals surface area contributed by atoms with Crippen LogP contribution in [0.5, 0.6) is 0 Å². The fourth-order valence-electron chi connectivity index (χ4n) is 4.17. The number of nitrogens with one attached hydrogen (secondary N) is 1. The normalized spacial score (nSPS) is 16.4. The molecule has 0 aliphatic carbocycles. The Hall–Kier alpha value is -1.93. The highest BCUT2D eigenvalue weighted by Crippen LogP contribution is 2.20. The Morgan fingerprint density at radius 3 is 2.70 bits per heavy atom. The van der Waals surface area contributed by atoms with E-state index in [1.54, 1.807) is 11.3 Å². The molecular formula is C22H37N7S. The van der Waals surface area contributed by atoms with Gasteiger partial charge in [-0.15, -0.1) is 11.3 Å². The number of thiazole rings is 1. The highest BCUT2D eigenvalue weighted by Gasteiger charge is 2.21. The SMILES string of the molecule is CN=C(NCC1CCN(Cc2csc(C)n2)CC1)N(C)Cc1cn(C)nc1C(C)C. The van der Waals surface area contributed by atoms with Gasteiger partial charge in [-0.05, 0) is 44.7 Å². The average molecular weight is 432 g/mol. The van der Waals surface area contributed by atoms with Crippen LogP contribution in [-0.2, 0) is 20.1 Å². The van der Waals surface area contributed by atoms with Gasteiger partial charge in [0.05, 0.1) is 16.4 Å². The molecule has 30 heavy (non-hydrogen) atoms. The second kappa shape index (κ2) is 10.4. The van der Waals surface area contributed by atoms with E-state index in [0.717, 1.165) is 43.7 Å². The lowest BCUT2D eigenvalue weighted by Crippen LogP contribution is -2.43. The van der Waals surface area contributed by atoms with Gasteiger partial charge in [-0.2, -0.15) is 5.10 Å². The molecule has 7 nitrogen and oxygen atoms in total. The molecule has 0 radical (unpaired) electrons. The molecule has 0 aromatic carbocycles. The lowest BCUT2D eigenvalue weighted by atomic mass is 9.97. The number of piperidine rings is 1. The monoisotopic (exact) mass is 431 g/mol. The molecule has 0 amide bonds. The summed E-state index contributed by atoms with van der Waals surface area (Å²) >= 11 is 1.74. The molecule has 1 fully saturated rings. The maximum atomic E-state index is 4.63. The van der Waals surface area contributed by atoms with Crippen molar-refractivity contribution in [1.29, 1.82) is 0 Å². The number of guanidine groups is 1. The van der Waals surface area contributed by atoms with Crippen LogP contribution in [0.15, 0.2) is 16.6 Å². The summed E-state index contributed by atoms with van der Waals surface area (Å²) in [5, 5.41) is 11.6. The summed E-state index contributed by atoms with van der Waals surface area (Å²) in [6.45, 7) is 11.5. The predicted octanol–water partition coefficient (Wildman–Crippen LogP) is 3.23. The summed E-state index contributed by atoms with van der Waals surface area (Å²) in [6.07, 6.45) is 4.56. The maximum absolute atomic E-state index is 4.63. The average Bonchev–Trinajstić information content (AvgIpc) is 3.28. The van der Waals surface area contributed by atoms with E-state index in [0.29, 0.717) is 11.8 Å². The molecular weight excluding hydrogens is 394 g/mol. The zero-order chi connectivity index (χ0) is 21.7. The van der Waals surface area contributed by atoms with Crippen molar-refractivity contribution in [3.8, 4) is 0 Å². The zero-order valence-corrected chi connectivity index (χ0v) is 20.2. The molecule has 1 N–H and O–H groups in total. The molecule has 2 aromatic rings. The first-order chi connectivity index (χ1) is 14.4. The lowest BCUT2D eigenvalue weighted by molar-refractivity contribution is 0.176. The number of likely N-dealkylation sites (tertiary alicyclic amines) is 1. The summed E-state index contributed by atoms with van der Waals surface area (Å²) in [7, 11) is 5.96. The van der Waals surface area contributed by atoms with Crippen molar-refractivity contribution in [2.75, 3.05) is 33.7 Å². The first kappa shape index (κ1) is 22.7. The van der Waals surface area contributed by atoms with Crippen LogP contribution in [0.3, 0.4) is 0 Å². The molecule has 2 aromatic heterocycles. The van der Waals surface area contributed by atoms with Crippen molar-refractivity contribution < 1.29 is 0 Å². The first-order valence-corrected chi connectivity index (χ1v) is 11.8. The van der Waals surface area contributed by atoms with Crippen LogP contribution >= 0.6 is 11.3 Å². The molecule has 3 heterocycles. The number of aliphatic imine (C=N–C) groups is 1. The minimum atomic E-state index is 0.419. The minimum absolute atomic E-state index is 0.419. The van der Waals surface area contributed by atoms with Gasteiger partial charge in [-0.3, -0.25) is 14.6 Å². The Bertz CT molecular complexity index is 830. The zero-order valence-electron chi connectivity index (χ0n) is 19.4. The summed E-state index contributed by atoms with van der Waals surface area (Å²) in [6, 6.07) is 0. The molecule has 1 aliphatic heterocycles. The number of hydrogen-bond donors (Lipinski definition) is 1. The predicted molar refractivity (Wildman–Crippen MR) is 125 cm³/mol. The van der Waals surface area contributed by atoms with E-state index in [4.69, 9.17) is 0 Å². The van der Waals surface area contributed by atoms with Gasteiger partial charge in [0.1, 0.15) is 0 Å². The smallest absolute Gasteiger partial charge is 0.193 e. The molecule has 0 saturated carbocycles. The molecule has 1 saturated heterocycles. The van der Waals surface area contributed by atoms with E-state index >= 15 is 0 Å². The van der Waals surface area contributed by atoms with Gasteiger partial charge in [-0.25, -0.2) is 4.98 Å². The second-order valence-electron chi connectivity index (χ2n) is 8.73. The topological polar surface area (TPSA) is 61.6 Å². The Morgan fingerprint density at radius 2 is 2.10 bits per heavy atom. The Morgan fingerprint density at radius 1 is 1.37 bits per heavy atom. The van der Waals surface area contributed by atoms with Crippen LogP contribution in [0.2, 0.25) is 0 Å². The minimum Gasteiger partial charge on any atom is -0.356 e. The van der Waals surface area contributed by atoms with Crippen LogP contribution in [0.1, 0.15) is 54.6 Å². The molecule has 3 rings (SSSR count).